The number of nitrogens with zero attached hydrogens (tertiary/aromatic N) is 1. The summed E-state index contributed by atoms with van der Waals surface area (Å²) >= 11 is 0. The molecule has 4 heteroatoms. The Bertz CT molecular complexity index is 799. The molecule has 2 amide bonds. The van der Waals surface area contributed by atoms with Crippen molar-refractivity contribution in [3.63, 3.8) is 0 Å². The molecule has 0 aliphatic carbocycles. The van der Waals surface area contributed by atoms with E-state index in [1.807, 2.05) is 49.1 Å². The minimum Gasteiger partial charge on any atom is -0.338 e. The van der Waals surface area contributed by atoms with Gasteiger partial charge in [-0.1, -0.05) is 50.2 Å². The van der Waals surface area contributed by atoms with Gasteiger partial charge in [-0.15, -0.1) is 0 Å². The predicted molar refractivity (Wildman–Crippen MR) is 108 cm³/mol. The summed E-state index contributed by atoms with van der Waals surface area (Å²) in [6.07, 6.45) is 3.12. The molecule has 1 heterocycles. The second-order valence-electron chi connectivity index (χ2n) is 7.54. The maximum Gasteiger partial charge on any atom is 0.225 e. The molecule has 0 atom stereocenters. The van der Waals surface area contributed by atoms with Crippen molar-refractivity contribution in [1.29, 1.82) is 0 Å². The molecule has 0 radical (unpaired) electrons. The second-order valence-corrected chi connectivity index (χ2v) is 7.54. The number of amides is 2. The zero-order valence-corrected chi connectivity index (χ0v) is 16.2. The van der Waals surface area contributed by atoms with Crippen molar-refractivity contribution in [2.24, 2.45) is 5.92 Å². The zero-order valence-electron chi connectivity index (χ0n) is 16.2. The van der Waals surface area contributed by atoms with E-state index in [1.165, 1.54) is 11.1 Å². The molecule has 0 saturated carbocycles. The third-order valence-electron chi connectivity index (χ3n) is 5.02. The first kappa shape index (κ1) is 19.2. The molecule has 0 spiro atoms. The first-order chi connectivity index (χ1) is 13.0. The molecule has 1 aliphatic heterocycles. The van der Waals surface area contributed by atoms with Gasteiger partial charge in [0.25, 0.3) is 0 Å². The van der Waals surface area contributed by atoms with Crippen LogP contribution in [-0.2, 0) is 29.0 Å². The fourth-order valence-corrected chi connectivity index (χ4v) is 3.51. The van der Waals surface area contributed by atoms with Gasteiger partial charge in [-0.25, -0.2) is 0 Å². The number of hydrogen-bond donors (Lipinski definition) is 1. The number of fused-ring (bicyclic) bond motifs is 1. The number of rotatable bonds is 6. The fraction of sp³-hybridized carbons (Fsp3) is 0.391. The van der Waals surface area contributed by atoms with E-state index in [-0.39, 0.29) is 17.7 Å². The molecule has 27 heavy (non-hydrogen) atoms. The molecule has 4 nitrogen and oxygen atoms in total. The standard InChI is InChI=1S/C23H28N2O2/c1-17(2)23(27)25-14-13-19-11-12-21(15-20(19)16-25)24-22(26)10-6-9-18-7-4-3-5-8-18/h3-5,7-8,11-12,15,17H,6,9-10,13-14,16H2,1-2H3,(H,24,26). The van der Waals surface area contributed by atoms with Crippen LogP contribution in [-0.4, -0.2) is 23.3 Å². The lowest BCUT2D eigenvalue weighted by atomic mass is 9.98. The number of nitrogens with one attached hydrogen (secondary N) is 1. The highest BCUT2D eigenvalue weighted by Gasteiger charge is 2.22. The van der Waals surface area contributed by atoms with Crippen LogP contribution in [0.1, 0.15) is 43.4 Å². The largest absolute Gasteiger partial charge is 0.338 e. The number of benzene rings is 2. The summed E-state index contributed by atoms with van der Waals surface area (Å²) in [5.74, 6) is 0.242. The summed E-state index contributed by atoms with van der Waals surface area (Å²) in [5, 5.41) is 3.00. The Morgan fingerprint density at radius 1 is 1.07 bits per heavy atom. The SMILES string of the molecule is CC(C)C(=O)N1CCc2ccc(NC(=O)CCCc3ccccc3)cc2C1. The molecule has 0 bridgehead atoms. The Morgan fingerprint density at radius 3 is 2.59 bits per heavy atom. The molecule has 0 fully saturated rings. The molecule has 2 aromatic rings. The van der Waals surface area contributed by atoms with Gasteiger partial charge in [-0.05, 0) is 48.1 Å². The van der Waals surface area contributed by atoms with Crippen molar-refractivity contribution >= 4 is 17.5 Å². The van der Waals surface area contributed by atoms with E-state index in [9.17, 15) is 9.59 Å². The van der Waals surface area contributed by atoms with Crippen molar-refractivity contribution in [3.8, 4) is 0 Å². The van der Waals surface area contributed by atoms with Crippen LogP contribution in [0.5, 0.6) is 0 Å². The molecule has 0 aromatic heterocycles. The lowest BCUT2D eigenvalue weighted by Crippen LogP contribution is -2.38. The summed E-state index contributed by atoms with van der Waals surface area (Å²) in [6, 6.07) is 16.3. The Morgan fingerprint density at radius 2 is 1.85 bits per heavy atom. The fourth-order valence-electron chi connectivity index (χ4n) is 3.51. The van der Waals surface area contributed by atoms with Gasteiger partial charge < -0.3 is 10.2 Å². The maximum atomic E-state index is 12.3. The first-order valence-electron chi connectivity index (χ1n) is 9.77. The molecule has 1 aliphatic rings. The molecule has 3 rings (SSSR count). The summed E-state index contributed by atoms with van der Waals surface area (Å²) in [6.45, 7) is 5.27. The topological polar surface area (TPSA) is 49.4 Å². The Balaban J connectivity index is 1.54. The van der Waals surface area contributed by atoms with Gasteiger partial charge in [0, 0.05) is 31.1 Å². The number of carbonyl (C=O) groups is 2. The molecule has 0 unspecified atom stereocenters. The van der Waals surface area contributed by atoms with Crippen molar-refractivity contribution < 1.29 is 9.59 Å². The van der Waals surface area contributed by atoms with Crippen LogP contribution in [0.2, 0.25) is 0 Å². The molecule has 142 valence electrons. The van der Waals surface area contributed by atoms with Crippen LogP contribution in [0.3, 0.4) is 0 Å². The minimum atomic E-state index is 0.0130. The van der Waals surface area contributed by atoms with E-state index in [2.05, 4.69) is 23.5 Å². The molecule has 0 saturated heterocycles. The Labute approximate surface area is 161 Å². The van der Waals surface area contributed by atoms with Crippen LogP contribution >= 0.6 is 0 Å². The average Bonchev–Trinajstić information content (AvgIpc) is 2.67. The molecule has 2 aromatic carbocycles. The quantitative estimate of drug-likeness (QED) is 0.835. The van der Waals surface area contributed by atoms with E-state index in [0.717, 1.165) is 37.1 Å². The maximum absolute atomic E-state index is 12.3. The lowest BCUT2D eigenvalue weighted by molar-refractivity contribution is -0.135. The van der Waals surface area contributed by atoms with Crippen LogP contribution < -0.4 is 5.32 Å². The number of hydrogen-bond acceptors (Lipinski definition) is 2. The van der Waals surface area contributed by atoms with E-state index >= 15 is 0 Å². The molecular weight excluding hydrogens is 336 g/mol. The van der Waals surface area contributed by atoms with Gasteiger partial charge in [-0.2, -0.15) is 0 Å². The number of aryl methyl sites for hydroxylation is 1. The minimum absolute atomic E-state index is 0.0130. The smallest absolute Gasteiger partial charge is 0.225 e. The number of carbonyl (C=O) groups excluding carboxylic acids is 2. The highest BCUT2D eigenvalue weighted by atomic mass is 16.2. The Kier molecular flexibility index (Phi) is 6.28. The van der Waals surface area contributed by atoms with Crippen molar-refractivity contribution in [2.75, 3.05) is 11.9 Å². The summed E-state index contributed by atoms with van der Waals surface area (Å²) in [7, 11) is 0. The van der Waals surface area contributed by atoms with Crippen molar-refractivity contribution in [1.82, 2.24) is 4.90 Å². The van der Waals surface area contributed by atoms with Gasteiger partial charge in [0.05, 0.1) is 0 Å². The normalized spacial score (nSPS) is 13.4. The lowest BCUT2D eigenvalue weighted by Gasteiger charge is -2.30. The van der Waals surface area contributed by atoms with E-state index in [1.54, 1.807) is 0 Å². The third kappa shape index (κ3) is 5.19. The van der Waals surface area contributed by atoms with Crippen LogP contribution in [0.15, 0.2) is 48.5 Å². The van der Waals surface area contributed by atoms with Crippen LogP contribution in [0.4, 0.5) is 5.69 Å². The highest BCUT2D eigenvalue weighted by Crippen LogP contribution is 2.24. The van der Waals surface area contributed by atoms with Gasteiger partial charge in [0.2, 0.25) is 11.8 Å². The van der Waals surface area contributed by atoms with E-state index in [4.69, 9.17) is 0 Å². The van der Waals surface area contributed by atoms with Crippen LogP contribution in [0, 0.1) is 5.92 Å². The molecular formula is C23H28N2O2. The highest BCUT2D eigenvalue weighted by molar-refractivity contribution is 5.90. The summed E-state index contributed by atoms with van der Waals surface area (Å²) in [4.78, 5) is 26.4. The molecule has 1 N–H and O–H groups in total. The third-order valence-corrected chi connectivity index (χ3v) is 5.02. The summed E-state index contributed by atoms with van der Waals surface area (Å²) in [5.41, 5.74) is 4.48. The van der Waals surface area contributed by atoms with Crippen molar-refractivity contribution in [2.45, 2.75) is 46.1 Å². The first-order valence-corrected chi connectivity index (χ1v) is 9.77. The summed E-state index contributed by atoms with van der Waals surface area (Å²) < 4.78 is 0. The predicted octanol–water partition coefficient (Wildman–Crippen LogP) is 4.19. The van der Waals surface area contributed by atoms with Gasteiger partial charge in [0.1, 0.15) is 0 Å². The monoisotopic (exact) mass is 364 g/mol. The van der Waals surface area contributed by atoms with E-state index < -0.39 is 0 Å². The van der Waals surface area contributed by atoms with Crippen LogP contribution in [0.25, 0.3) is 0 Å². The van der Waals surface area contributed by atoms with E-state index in [0.29, 0.717) is 13.0 Å². The zero-order chi connectivity index (χ0) is 19.2. The van der Waals surface area contributed by atoms with Gasteiger partial charge >= 0.3 is 0 Å². The van der Waals surface area contributed by atoms with Gasteiger partial charge in [-0.3, -0.25) is 9.59 Å². The average molecular weight is 364 g/mol. The Hall–Kier alpha value is -2.62. The number of anilines is 1. The second kappa shape index (κ2) is 8.85. The van der Waals surface area contributed by atoms with Gasteiger partial charge in [0.15, 0.2) is 0 Å². The van der Waals surface area contributed by atoms with Crippen molar-refractivity contribution in [3.05, 3.63) is 65.2 Å².